The lowest BCUT2D eigenvalue weighted by molar-refractivity contribution is 0.633. The molecule has 0 fully saturated rings. The summed E-state index contributed by atoms with van der Waals surface area (Å²) in [5.41, 5.74) is 0.745. The number of aromatic amines is 1. The molecular weight excluding hydrogens is 203 g/mol. The van der Waals surface area contributed by atoms with E-state index in [0.717, 1.165) is 12.1 Å². The Labute approximate surface area is 73.1 Å². The molecule has 1 N–H and O–H groups in total. The zero-order chi connectivity index (χ0) is 9.47. The minimum Gasteiger partial charge on any atom is -0.258 e. The molecule has 0 radical (unpaired) electrons. The Balaban J connectivity index is 2.61. The number of rotatable bonds is 1. The third kappa shape index (κ3) is 1.46. The van der Waals surface area contributed by atoms with Gasteiger partial charge in [0.15, 0.2) is 0 Å². The first-order valence-corrected chi connectivity index (χ1v) is 4.64. The van der Waals surface area contributed by atoms with Crippen molar-refractivity contribution < 1.29 is 11.7 Å². The van der Waals surface area contributed by atoms with Crippen LogP contribution in [0.5, 0.6) is 0 Å². The topological polar surface area (TPSA) is 41.6 Å². The molecule has 0 spiro atoms. The van der Waals surface area contributed by atoms with Gasteiger partial charge in [-0.05, 0) is 18.2 Å². The Kier molecular flexibility index (Phi) is 1.69. The van der Waals surface area contributed by atoms with E-state index < -0.39 is 16.1 Å². The second kappa shape index (κ2) is 2.63. The maximum atomic E-state index is 12.2. The van der Waals surface area contributed by atoms with Crippen molar-refractivity contribution in [2.24, 2.45) is 0 Å². The highest BCUT2D eigenvalue weighted by Crippen LogP contribution is 2.60. The fourth-order valence-electron chi connectivity index (χ4n) is 0.965. The summed E-state index contributed by atoms with van der Waals surface area (Å²) in [6.45, 7) is 0. The molecule has 2 rings (SSSR count). The average Bonchev–Trinajstić information content (AvgIpc) is 2.47. The highest BCUT2D eigenvalue weighted by atomic mass is 32.3. The minimum atomic E-state index is -5.15. The van der Waals surface area contributed by atoms with E-state index in [2.05, 4.69) is 15.4 Å². The molecule has 1 aromatic heterocycles. The van der Waals surface area contributed by atoms with Crippen molar-refractivity contribution in [1.29, 1.82) is 0 Å². The van der Waals surface area contributed by atoms with Gasteiger partial charge in [-0.25, -0.2) is 0 Å². The molecule has 13 heavy (non-hydrogen) atoms. The van der Waals surface area contributed by atoms with Crippen LogP contribution in [0.4, 0.5) is 11.7 Å². The fourth-order valence-corrected chi connectivity index (χ4v) is 1.43. The average molecular weight is 207 g/mol. The highest BCUT2D eigenvalue weighted by Gasteiger charge is 2.24. The van der Waals surface area contributed by atoms with Crippen molar-refractivity contribution in [3.63, 3.8) is 0 Å². The van der Waals surface area contributed by atoms with Crippen LogP contribution in [0, 0.1) is 0 Å². The smallest absolute Gasteiger partial charge is 0.237 e. The van der Waals surface area contributed by atoms with Crippen LogP contribution in [0.25, 0.3) is 11.0 Å². The predicted molar refractivity (Wildman–Crippen MR) is 43.1 cm³/mol. The fraction of sp³-hybridized carbons (Fsp3) is 0. The number of nitrogens with zero attached hydrogens (tertiary/aromatic N) is 2. The van der Waals surface area contributed by atoms with Crippen LogP contribution in [0.1, 0.15) is 0 Å². The first kappa shape index (κ1) is 8.36. The van der Waals surface area contributed by atoms with Gasteiger partial charge in [-0.2, -0.15) is 0 Å². The van der Waals surface area contributed by atoms with E-state index >= 15 is 0 Å². The quantitative estimate of drug-likeness (QED) is 0.781. The van der Waals surface area contributed by atoms with Crippen LogP contribution in [0.15, 0.2) is 23.1 Å². The molecule has 0 amide bonds. The zero-order valence-electron chi connectivity index (χ0n) is 6.17. The van der Waals surface area contributed by atoms with E-state index in [0.29, 0.717) is 5.52 Å². The molecule has 7 heteroatoms. The Morgan fingerprint density at radius 1 is 1.23 bits per heavy atom. The molecule has 0 aliphatic rings. The second-order valence-electron chi connectivity index (χ2n) is 2.40. The van der Waals surface area contributed by atoms with Gasteiger partial charge in [-0.15, -0.1) is 16.8 Å². The number of fused-ring (bicyclic) bond motifs is 1. The maximum absolute atomic E-state index is 12.2. The van der Waals surface area contributed by atoms with Crippen molar-refractivity contribution in [2.45, 2.75) is 4.90 Å². The largest absolute Gasteiger partial charge is 0.258 e. The molecule has 0 bridgehead atoms. The molecule has 0 unspecified atom stereocenters. The lowest BCUT2D eigenvalue weighted by atomic mass is 10.3. The van der Waals surface area contributed by atoms with Crippen LogP contribution in [-0.4, -0.2) is 15.4 Å². The first-order valence-electron chi connectivity index (χ1n) is 3.30. The van der Waals surface area contributed by atoms with E-state index in [1.54, 1.807) is 0 Å². The molecule has 0 atom stereocenters. The van der Waals surface area contributed by atoms with Crippen LogP contribution in [-0.2, 0) is 0 Å². The Bertz CT molecular complexity index is 436. The molecule has 0 aliphatic heterocycles. The SMILES string of the molecule is FS(F)(F)c1ccc2[nH]nnc2c1. The van der Waals surface area contributed by atoms with Crippen molar-refractivity contribution in [2.75, 3.05) is 0 Å². The Hall–Kier alpha value is -1.24. The summed E-state index contributed by atoms with van der Waals surface area (Å²) >= 11 is -5.15. The molecule has 70 valence electrons. The molecule has 0 aliphatic carbocycles. The summed E-state index contributed by atoms with van der Waals surface area (Å²) in [6, 6.07) is 3.34. The second-order valence-corrected chi connectivity index (χ2v) is 3.68. The number of aromatic nitrogens is 3. The van der Waals surface area contributed by atoms with Crippen molar-refractivity contribution >= 4 is 22.2 Å². The molecule has 0 saturated heterocycles. The lowest BCUT2D eigenvalue weighted by Gasteiger charge is -2.08. The number of halogens is 3. The number of nitrogens with one attached hydrogen (secondary N) is 1. The number of hydrogen-bond donors (Lipinski definition) is 1. The van der Waals surface area contributed by atoms with Gasteiger partial charge in [0.25, 0.3) is 0 Å². The van der Waals surface area contributed by atoms with Gasteiger partial charge in [-0.1, -0.05) is 5.21 Å². The van der Waals surface area contributed by atoms with Crippen molar-refractivity contribution in [3.8, 4) is 0 Å². The summed E-state index contributed by atoms with van der Waals surface area (Å²) in [4.78, 5) is -0.631. The van der Waals surface area contributed by atoms with E-state index in [1.807, 2.05) is 0 Å². The molecule has 0 saturated carbocycles. The van der Waals surface area contributed by atoms with Gasteiger partial charge in [0.1, 0.15) is 5.52 Å². The summed E-state index contributed by atoms with van der Waals surface area (Å²) in [7, 11) is 0. The normalized spacial score (nSPS) is 13.5. The van der Waals surface area contributed by atoms with E-state index in [-0.39, 0.29) is 5.52 Å². The highest BCUT2D eigenvalue weighted by molar-refractivity contribution is 8.20. The van der Waals surface area contributed by atoms with Crippen molar-refractivity contribution in [1.82, 2.24) is 15.4 Å². The first-order chi connectivity index (χ1) is 6.07. The van der Waals surface area contributed by atoms with Crippen molar-refractivity contribution in [3.05, 3.63) is 18.2 Å². The molecular formula is C6H4F3N3S. The third-order valence-electron chi connectivity index (χ3n) is 1.56. The monoisotopic (exact) mass is 207 g/mol. The van der Waals surface area contributed by atoms with Gasteiger partial charge < -0.3 is 0 Å². The Morgan fingerprint density at radius 2 is 2.00 bits per heavy atom. The van der Waals surface area contributed by atoms with E-state index in [9.17, 15) is 11.7 Å². The molecule has 2 aromatic rings. The van der Waals surface area contributed by atoms with Crippen LogP contribution >= 0.6 is 11.2 Å². The summed E-state index contributed by atoms with van der Waals surface area (Å²) in [6.07, 6.45) is 0. The standard InChI is InChI=1S/C6H4F3N3S/c7-13(8,9)4-1-2-5-6(3-4)11-12-10-5/h1-3H,(H,10,11,12). The predicted octanol–water partition coefficient (Wildman–Crippen LogP) is 2.77. The van der Waals surface area contributed by atoms with Crippen LogP contribution < -0.4 is 0 Å². The minimum absolute atomic E-state index is 0.238. The maximum Gasteiger partial charge on any atom is 0.237 e. The van der Waals surface area contributed by atoms with E-state index in [4.69, 9.17) is 0 Å². The van der Waals surface area contributed by atoms with Gasteiger partial charge in [0.05, 0.1) is 10.4 Å². The van der Waals surface area contributed by atoms with E-state index in [1.165, 1.54) is 6.07 Å². The third-order valence-corrected chi connectivity index (χ3v) is 2.35. The number of H-pyrrole nitrogens is 1. The van der Waals surface area contributed by atoms with Crippen LogP contribution in [0.3, 0.4) is 0 Å². The van der Waals surface area contributed by atoms with Gasteiger partial charge in [0.2, 0.25) is 11.2 Å². The zero-order valence-corrected chi connectivity index (χ0v) is 6.99. The summed E-state index contributed by atoms with van der Waals surface area (Å²) in [5.74, 6) is 0. The summed E-state index contributed by atoms with van der Waals surface area (Å²) in [5, 5.41) is 9.37. The number of hydrogen-bond acceptors (Lipinski definition) is 2. The van der Waals surface area contributed by atoms with Gasteiger partial charge >= 0.3 is 0 Å². The van der Waals surface area contributed by atoms with Gasteiger partial charge in [0, 0.05) is 0 Å². The van der Waals surface area contributed by atoms with Crippen LogP contribution in [0.2, 0.25) is 0 Å². The number of benzene rings is 1. The molecule has 3 nitrogen and oxygen atoms in total. The molecule has 1 heterocycles. The lowest BCUT2D eigenvalue weighted by Crippen LogP contribution is -1.79. The summed E-state index contributed by atoms with van der Waals surface area (Å²) < 4.78 is 36.7. The Morgan fingerprint density at radius 3 is 2.69 bits per heavy atom. The van der Waals surface area contributed by atoms with Gasteiger partial charge in [-0.3, -0.25) is 5.10 Å². The molecule has 1 aromatic carbocycles.